The first-order valence-corrected chi connectivity index (χ1v) is 9.16. The van der Waals surface area contributed by atoms with Crippen LogP contribution < -0.4 is 0 Å². The number of aliphatic hydroxyl groups is 2. The fourth-order valence-corrected chi connectivity index (χ4v) is 1.90. The first kappa shape index (κ1) is 23.8. The first-order valence-electron chi connectivity index (χ1n) is 9.16. The summed E-state index contributed by atoms with van der Waals surface area (Å²) in [4.78, 5) is 0. The minimum absolute atomic E-state index is 0.130. The monoisotopic (exact) mass is 350 g/mol. The van der Waals surface area contributed by atoms with E-state index in [1.807, 2.05) is 27.7 Å². The third kappa shape index (κ3) is 18.1. The highest BCUT2D eigenvalue weighted by molar-refractivity contribution is 4.54. The minimum Gasteiger partial charge on any atom is -0.388 e. The van der Waals surface area contributed by atoms with E-state index in [1.54, 1.807) is 0 Å². The SMILES string of the molecule is CC(C)OCC(O)COCCCCCCOCC(O)COC(C)C. The van der Waals surface area contributed by atoms with Gasteiger partial charge in [0.25, 0.3) is 0 Å². The molecular weight excluding hydrogens is 312 g/mol. The molecular formula is C18H38O6. The quantitative estimate of drug-likeness (QED) is 0.392. The zero-order valence-electron chi connectivity index (χ0n) is 15.9. The summed E-state index contributed by atoms with van der Waals surface area (Å²) < 4.78 is 21.5. The highest BCUT2D eigenvalue weighted by Crippen LogP contribution is 2.02. The van der Waals surface area contributed by atoms with Gasteiger partial charge < -0.3 is 29.2 Å². The largest absolute Gasteiger partial charge is 0.388 e. The van der Waals surface area contributed by atoms with Crippen molar-refractivity contribution in [2.45, 2.75) is 77.8 Å². The van der Waals surface area contributed by atoms with Gasteiger partial charge in [-0.2, -0.15) is 0 Å². The Kier molecular flexibility index (Phi) is 16.1. The lowest BCUT2D eigenvalue weighted by Gasteiger charge is -2.14. The smallest absolute Gasteiger partial charge is 0.101 e. The Morgan fingerprint density at radius 1 is 0.583 bits per heavy atom. The van der Waals surface area contributed by atoms with Crippen molar-refractivity contribution in [1.82, 2.24) is 0 Å². The Morgan fingerprint density at radius 2 is 0.958 bits per heavy atom. The predicted octanol–water partition coefficient (Wildman–Crippen LogP) is 2.15. The maximum Gasteiger partial charge on any atom is 0.101 e. The molecule has 0 aromatic heterocycles. The van der Waals surface area contributed by atoms with E-state index in [-0.39, 0.29) is 12.2 Å². The van der Waals surface area contributed by atoms with Crippen LogP contribution in [0.5, 0.6) is 0 Å². The van der Waals surface area contributed by atoms with Crippen molar-refractivity contribution in [3.05, 3.63) is 0 Å². The lowest BCUT2D eigenvalue weighted by Crippen LogP contribution is -2.24. The highest BCUT2D eigenvalue weighted by atomic mass is 16.5. The van der Waals surface area contributed by atoms with Gasteiger partial charge in [-0.25, -0.2) is 0 Å². The normalized spacial score (nSPS) is 14.5. The van der Waals surface area contributed by atoms with Crippen molar-refractivity contribution in [3.8, 4) is 0 Å². The molecule has 0 amide bonds. The molecule has 0 saturated heterocycles. The molecule has 0 bridgehead atoms. The molecule has 0 aromatic carbocycles. The van der Waals surface area contributed by atoms with Gasteiger partial charge >= 0.3 is 0 Å². The van der Waals surface area contributed by atoms with E-state index in [9.17, 15) is 10.2 Å². The highest BCUT2D eigenvalue weighted by Gasteiger charge is 2.06. The van der Waals surface area contributed by atoms with Crippen molar-refractivity contribution in [2.24, 2.45) is 0 Å². The Hall–Kier alpha value is -0.240. The molecule has 0 saturated carbocycles. The maximum absolute atomic E-state index is 9.62. The van der Waals surface area contributed by atoms with Gasteiger partial charge in [-0.05, 0) is 40.5 Å². The Morgan fingerprint density at radius 3 is 1.29 bits per heavy atom. The van der Waals surface area contributed by atoms with Crippen LogP contribution in [0.15, 0.2) is 0 Å². The van der Waals surface area contributed by atoms with Gasteiger partial charge in [0.2, 0.25) is 0 Å². The third-order valence-electron chi connectivity index (χ3n) is 3.19. The maximum atomic E-state index is 9.62. The molecule has 0 aliphatic carbocycles. The van der Waals surface area contributed by atoms with Crippen molar-refractivity contribution in [1.29, 1.82) is 0 Å². The van der Waals surface area contributed by atoms with Gasteiger partial charge in [-0.15, -0.1) is 0 Å². The molecule has 0 fully saturated rings. The lowest BCUT2D eigenvalue weighted by molar-refractivity contribution is -0.0371. The van der Waals surface area contributed by atoms with Crippen LogP contribution in [0.3, 0.4) is 0 Å². The Balaban J connectivity index is 3.22. The number of rotatable bonds is 17. The topological polar surface area (TPSA) is 77.4 Å². The van der Waals surface area contributed by atoms with Crippen molar-refractivity contribution < 1.29 is 29.2 Å². The second-order valence-corrected chi connectivity index (χ2v) is 6.64. The molecule has 2 unspecified atom stereocenters. The van der Waals surface area contributed by atoms with Gasteiger partial charge in [0.05, 0.1) is 38.6 Å². The fraction of sp³-hybridized carbons (Fsp3) is 1.00. The third-order valence-corrected chi connectivity index (χ3v) is 3.19. The standard InChI is InChI=1S/C18H38O6/c1-15(2)23-13-17(19)11-21-9-7-5-6-8-10-22-12-18(20)14-24-16(3)4/h15-20H,5-14H2,1-4H3. The molecule has 2 atom stereocenters. The summed E-state index contributed by atoms with van der Waals surface area (Å²) in [6.07, 6.45) is 3.25. The summed E-state index contributed by atoms with van der Waals surface area (Å²) in [5.41, 5.74) is 0. The molecule has 0 spiro atoms. The van der Waals surface area contributed by atoms with Crippen molar-refractivity contribution >= 4 is 0 Å². The average molecular weight is 350 g/mol. The molecule has 0 aromatic rings. The molecule has 0 rings (SSSR count). The summed E-state index contributed by atoms with van der Waals surface area (Å²) in [6, 6.07) is 0. The molecule has 0 aliphatic heterocycles. The molecule has 24 heavy (non-hydrogen) atoms. The molecule has 0 aliphatic rings. The van der Waals surface area contributed by atoms with Crippen LogP contribution in [0.2, 0.25) is 0 Å². The van der Waals surface area contributed by atoms with Crippen LogP contribution >= 0.6 is 0 Å². The van der Waals surface area contributed by atoms with Gasteiger partial charge in [0.1, 0.15) is 12.2 Å². The molecule has 0 radical (unpaired) electrons. The number of unbranched alkanes of at least 4 members (excludes halogenated alkanes) is 3. The minimum atomic E-state index is -0.549. The van der Waals surface area contributed by atoms with Crippen LogP contribution in [0.25, 0.3) is 0 Å². The fourth-order valence-electron chi connectivity index (χ4n) is 1.90. The van der Waals surface area contributed by atoms with Crippen LogP contribution in [0.1, 0.15) is 53.4 Å². The van der Waals surface area contributed by atoms with E-state index in [0.29, 0.717) is 39.6 Å². The van der Waals surface area contributed by atoms with Gasteiger partial charge in [-0.1, -0.05) is 12.8 Å². The number of aliphatic hydroxyl groups excluding tert-OH is 2. The number of ether oxygens (including phenoxy) is 4. The Labute approximate surface area is 147 Å². The summed E-state index contributed by atoms with van der Waals surface area (Å²) in [6.45, 7) is 10.4. The number of hydrogen-bond acceptors (Lipinski definition) is 6. The van der Waals surface area contributed by atoms with Crippen molar-refractivity contribution in [2.75, 3.05) is 39.6 Å². The van der Waals surface area contributed by atoms with E-state index in [4.69, 9.17) is 18.9 Å². The molecule has 6 heteroatoms. The zero-order chi connectivity index (χ0) is 18.2. The van der Waals surface area contributed by atoms with Gasteiger partial charge in [-0.3, -0.25) is 0 Å². The van der Waals surface area contributed by atoms with E-state index in [2.05, 4.69) is 0 Å². The van der Waals surface area contributed by atoms with E-state index in [1.165, 1.54) is 0 Å². The van der Waals surface area contributed by atoms with Crippen LogP contribution in [-0.2, 0) is 18.9 Å². The van der Waals surface area contributed by atoms with Crippen LogP contribution in [0.4, 0.5) is 0 Å². The summed E-state index contributed by atoms with van der Waals surface area (Å²) >= 11 is 0. The summed E-state index contributed by atoms with van der Waals surface area (Å²) in [5, 5.41) is 19.2. The summed E-state index contributed by atoms with van der Waals surface area (Å²) in [7, 11) is 0. The van der Waals surface area contributed by atoms with Crippen LogP contribution in [-0.4, -0.2) is 74.3 Å². The molecule has 146 valence electrons. The van der Waals surface area contributed by atoms with Gasteiger partial charge in [0.15, 0.2) is 0 Å². The molecule has 2 N–H and O–H groups in total. The Bertz CT molecular complexity index is 234. The predicted molar refractivity (Wildman–Crippen MR) is 94.3 cm³/mol. The van der Waals surface area contributed by atoms with Crippen molar-refractivity contribution in [3.63, 3.8) is 0 Å². The average Bonchev–Trinajstić information content (AvgIpc) is 2.52. The lowest BCUT2D eigenvalue weighted by atomic mass is 10.2. The van der Waals surface area contributed by atoms with E-state index in [0.717, 1.165) is 25.7 Å². The summed E-state index contributed by atoms with van der Waals surface area (Å²) in [5.74, 6) is 0. The molecule has 6 nitrogen and oxygen atoms in total. The zero-order valence-corrected chi connectivity index (χ0v) is 15.9. The second kappa shape index (κ2) is 16.2. The van der Waals surface area contributed by atoms with E-state index < -0.39 is 12.2 Å². The van der Waals surface area contributed by atoms with E-state index >= 15 is 0 Å². The van der Waals surface area contributed by atoms with Crippen LogP contribution in [0, 0.1) is 0 Å². The molecule has 0 heterocycles. The second-order valence-electron chi connectivity index (χ2n) is 6.64. The first-order chi connectivity index (χ1) is 11.4. The number of hydrogen-bond donors (Lipinski definition) is 2. The van der Waals surface area contributed by atoms with Gasteiger partial charge in [0, 0.05) is 13.2 Å².